The number of hydrogen-bond donors (Lipinski definition) is 1. The van der Waals surface area contributed by atoms with Crippen LogP contribution in [0, 0.1) is 11.3 Å². The molecule has 2 aromatic carbocycles. The molecule has 2 heterocycles. The second kappa shape index (κ2) is 6.11. The molecular formula is C19H16N2O4. The molecule has 0 bridgehead atoms. The van der Waals surface area contributed by atoms with Gasteiger partial charge in [0.2, 0.25) is 6.79 Å². The van der Waals surface area contributed by atoms with Crippen LogP contribution in [-0.4, -0.2) is 41.4 Å². The zero-order valence-corrected chi connectivity index (χ0v) is 13.3. The Balaban J connectivity index is 1.63. The van der Waals surface area contributed by atoms with Crippen LogP contribution in [0.25, 0.3) is 0 Å². The minimum atomic E-state index is -0.613. The largest absolute Gasteiger partial charge is 0.454 e. The third-order valence-corrected chi connectivity index (χ3v) is 4.77. The summed E-state index contributed by atoms with van der Waals surface area (Å²) in [7, 11) is 0. The Hall–Kier alpha value is -3.04. The molecule has 2 aromatic rings. The van der Waals surface area contributed by atoms with Gasteiger partial charge in [-0.15, -0.1) is 0 Å². The van der Waals surface area contributed by atoms with E-state index in [0.717, 1.165) is 5.56 Å². The zero-order valence-electron chi connectivity index (χ0n) is 13.3. The number of nitrogens with zero attached hydrogens (tertiary/aromatic N) is 2. The van der Waals surface area contributed by atoms with Crippen molar-refractivity contribution in [1.29, 1.82) is 5.26 Å². The van der Waals surface area contributed by atoms with Crippen LogP contribution in [0.5, 0.6) is 11.5 Å². The highest BCUT2D eigenvalue weighted by Crippen LogP contribution is 2.42. The molecule has 0 spiro atoms. The number of rotatable bonds is 3. The van der Waals surface area contributed by atoms with E-state index >= 15 is 0 Å². The van der Waals surface area contributed by atoms with Crippen LogP contribution in [0.1, 0.15) is 21.8 Å². The molecular weight excluding hydrogens is 320 g/mol. The van der Waals surface area contributed by atoms with Crippen LogP contribution >= 0.6 is 0 Å². The Morgan fingerprint density at radius 2 is 1.96 bits per heavy atom. The van der Waals surface area contributed by atoms with Crippen LogP contribution in [0.2, 0.25) is 0 Å². The summed E-state index contributed by atoms with van der Waals surface area (Å²) in [5, 5.41) is 19.4. The first-order valence-corrected chi connectivity index (χ1v) is 8.02. The molecule has 0 unspecified atom stereocenters. The SMILES string of the molecule is N#C[C@H]1[C@H](c2ccccc2)[C@@H](CO)N1C(=O)c1ccc2c(c1)OCO2. The van der Waals surface area contributed by atoms with Crippen molar-refractivity contribution >= 4 is 5.91 Å². The number of aliphatic hydroxyl groups is 1. The van der Waals surface area contributed by atoms with Crippen molar-refractivity contribution in [2.75, 3.05) is 13.4 Å². The number of amides is 1. The molecule has 4 rings (SSSR count). The molecule has 1 saturated heterocycles. The Kier molecular flexibility index (Phi) is 3.79. The van der Waals surface area contributed by atoms with E-state index in [-0.39, 0.29) is 25.2 Å². The number of ether oxygens (including phenoxy) is 2. The van der Waals surface area contributed by atoms with Crippen molar-refractivity contribution in [1.82, 2.24) is 4.90 Å². The van der Waals surface area contributed by atoms with Crippen LogP contribution in [0.3, 0.4) is 0 Å². The summed E-state index contributed by atoms with van der Waals surface area (Å²) in [5.41, 5.74) is 1.36. The number of carbonyl (C=O) groups is 1. The molecule has 0 aliphatic carbocycles. The lowest BCUT2D eigenvalue weighted by Crippen LogP contribution is -2.65. The number of fused-ring (bicyclic) bond motifs is 1. The van der Waals surface area contributed by atoms with Crippen LogP contribution in [-0.2, 0) is 0 Å². The van der Waals surface area contributed by atoms with Gasteiger partial charge >= 0.3 is 0 Å². The summed E-state index contributed by atoms with van der Waals surface area (Å²) in [6.45, 7) is -0.0686. The minimum absolute atomic E-state index is 0.132. The van der Waals surface area contributed by atoms with Gasteiger partial charge in [0.15, 0.2) is 11.5 Å². The highest BCUT2D eigenvalue weighted by atomic mass is 16.7. The first-order valence-electron chi connectivity index (χ1n) is 8.02. The average molecular weight is 336 g/mol. The fraction of sp³-hybridized carbons (Fsp3) is 0.263. The molecule has 25 heavy (non-hydrogen) atoms. The van der Waals surface area contributed by atoms with Crippen molar-refractivity contribution in [2.45, 2.75) is 18.0 Å². The molecule has 1 N–H and O–H groups in total. The Bertz CT molecular complexity index is 846. The van der Waals surface area contributed by atoms with E-state index in [1.165, 1.54) is 4.90 Å². The molecule has 1 fully saturated rings. The van der Waals surface area contributed by atoms with Crippen molar-refractivity contribution in [3.8, 4) is 17.6 Å². The number of aliphatic hydroxyl groups excluding tert-OH is 1. The molecule has 3 atom stereocenters. The number of hydrogen-bond acceptors (Lipinski definition) is 5. The molecule has 2 aliphatic rings. The van der Waals surface area contributed by atoms with Gasteiger partial charge in [-0.1, -0.05) is 30.3 Å². The second-order valence-corrected chi connectivity index (χ2v) is 6.04. The van der Waals surface area contributed by atoms with Crippen molar-refractivity contribution in [3.05, 3.63) is 59.7 Å². The summed E-state index contributed by atoms with van der Waals surface area (Å²) < 4.78 is 10.6. The first-order chi connectivity index (χ1) is 12.2. The van der Waals surface area contributed by atoms with Crippen molar-refractivity contribution < 1.29 is 19.4 Å². The maximum absolute atomic E-state index is 12.9. The highest BCUT2D eigenvalue weighted by molar-refractivity contribution is 5.96. The minimum Gasteiger partial charge on any atom is -0.454 e. The lowest BCUT2D eigenvalue weighted by molar-refractivity contribution is -0.00586. The third kappa shape index (κ3) is 2.41. The van der Waals surface area contributed by atoms with Crippen LogP contribution < -0.4 is 9.47 Å². The number of benzene rings is 2. The lowest BCUT2D eigenvalue weighted by Gasteiger charge is -2.51. The third-order valence-electron chi connectivity index (χ3n) is 4.77. The van der Waals surface area contributed by atoms with E-state index < -0.39 is 12.1 Å². The normalized spacial score (nSPS) is 23.7. The molecule has 6 heteroatoms. The Labute approximate surface area is 144 Å². The van der Waals surface area contributed by atoms with E-state index in [1.54, 1.807) is 18.2 Å². The molecule has 2 aliphatic heterocycles. The Morgan fingerprint density at radius 3 is 2.68 bits per heavy atom. The average Bonchev–Trinajstić information content (AvgIpc) is 3.10. The smallest absolute Gasteiger partial charge is 0.255 e. The molecule has 0 aromatic heterocycles. The van der Waals surface area contributed by atoms with E-state index in [4.69, 9.17) is 9.47 Å². The van der Waals surface area contributed by atoms with Gasteiger partial charge in [-0.05, 0) is 23.8 Å². The maximum atomic E-state index is 12.9. The molecule has 0 radical (unpaired) electrons. The fourth-order valence-electron chi connectivity index (χ4n) is 3.54. The predicted molar refractivity (Wildman–Crippen MR) is 88.2 cm³/mol. The zero-order chi connectivity index (χ0) is 17.4. The summed E-state index contributed by atoms with van der Waals surface area (Å²) >= 11 is 0. The van der Waals surface area contributed by atoms with Crippen LogP contribution in [0.4, 0.5) is 0 Å². The topological polar surface area (TPSA) is 82.8 Å². The van der Waals surface area contributed by atoms with Gasteiger partial charge in [0.05, 0.1) is 18.7 Å². The van der Waals surface area contributed by atoms with Crippen molar-refractivity contribution in [2.24, 2.45) is 0 Å². The quantitative estimate of drug-likeness (QED) is 0.926. The monoisotopic (exact) mass is 336 g/mol. The van der Waals surface area contributed by atoms with Gasteiger partial charge in [-0.2, -0.15) is 5.26 Å². The molecule has 1 amide bonds. The van der Waals surface area contributed by atoms with Gasteiger partial charge in [0.1, 0.15) is 6.04 Å². The van der Waals surface area contributed by atoms with E-state index in [1.807, 2.05) is 30.3 Å². The second-order valence-electron chi connectivity index (χ2n) is 6.04. The van der Waals surface area contributed by atoms with Gasteiger partial charge < -0.3 is 19.5 Å². The predicted octanol–water partition coefficient (Wildman–Crippen LogP) is 1.91. The number of nitriles is 1. The fourth-order valence-corrected chi connectivity index (χ4v) is 3.54. The lowest BCUT2D eigenvalue weighted by atomic mass is 9.75. The standard InChI is InChI=1S/C19H16N2O4/c20-9-14-18(12-4-2-1-3-5-12)15(10-22)21(14)19(23)13-6-7-16-17(8-13)25-11-24-16/h1-8,14-15,18,22H,10-11H2/t14-,15+,18-/m0/s1. The van der Waals surface area contributed by atoms with E-state index in [9.17, 15) is 15.2 Å². The highest BCUT2D eigenvalue weighted by Gasteiger charge is 2.51. The number of likely N-dealkylation sites (tertiary alicyclic amines) is 1. The Morgan fingerprint density at radius 1 is 1.20 bits per heavy atom. The van der Waals surface area contributed by atoms with E-state index in [0.29, 0.717) is 17.1 Å². The molecule has 6 nitrogen and oxygen atoms in total. The first kappa shape index (κ1) is 15.5. The molecule has 0 saturated carbocycles. The summed E-state index contributed by atoms with van der Waals surface area (Å²) in [5.74, 6) is 0.614. The summed E-state index contributed by atoms with van der Waals surface area (Å²) in [4.78, 5) is 14.4. The van der Waals surface area contributed by atoms with Gasteiger partial charge in [0, 0.05) is 11.5 Å². The maximum Gasteiger partial charge on any atom is 0.255 e. The van der Waals surface area contributed by atoms with E-state index in [2.05, 4.69) is 6.07 Å². The van der Waals surface area contributed by atoms with Gasteiger partial charge in [-0.3, -0.25) is 4.79 Å². The van der Waals surface area contributed by atoms with Crippen molar-refractivity contribution in [3.63, 3.8) is 0 Å². The van der Waals surface area contributed by atoms with Crippen LogP contribution in [0.15, 0.2) is 48.5 Å². The summed E-state index contributed by atoms with van der Waals surface area (Å²) in [6.07, 6.45) is 0. The summed E-state index contributed by atoms with van der Waals surface area (Å²) in [6, 6.07) is 15.6. The van der Waals surface area contributed by atoms with Gasteiger partial charge in [-0.25, -0.2) is 0 Å². The number of carbonyl (C=O) groups excluding carboxylic acids is 1. The molecule has 126 valence electrons. The van der Waals surface area contributed by atoms with Gasteiger partial charge in [0.25, 0.3) is 5.91 Å².